The van der Waals surface area contributed by atoms with Crippen molar-refractivity contribution in [2.75, 3.05) is 17.3 Å². The average Bonchev–Trinajstić information content (AvgIpc) is 2.14. The molecule has 0 heterocycles. The van der Waals surface area contributed by atoms with Crippen LogP contribution in [0.25, 0.3) is 0 Å². The van der Waals surface area contributed by atoms with Crippen molar-refractivity contribution in [2.24, 2.45) is 5.92 Å². The van der Waals surface area contributed by atoms with E-state index in [1.54, 1.807) is 0 Å². The number of aliphatic carboxylic acids is 1. The van der Waals surface area contributed by atoms with Crippen molar-refractivity contribution >= 4 is 25.6 Å². The van der Waals surface area contributed by atoms with Crippen LogP contribution < -0.4 is 0 Å². The van der Waals surface area contributed by atoms with Gasteiger partial charge in [0.25, 0.3) is 0 Å². The van der Waals surface area contributed by atoms with E-state index in [1.165, 1.54) is 20.8 Å². The van der Waals surface area contributed by atoms with Crippen LogP contribution in [-0.4, -0.2) is 50.4 Å². The van der Waals surface area contributed by atoms with E-state index in [0.717, 1.165) is 0 Å². The minimum absolute atomic E-state index is 0.459. The summed E-state index contributed by atoms with van der Waals surface area (Å²) in [7, 11) is -7.07. The summed E-state index contributed by atoms with van der Waals surface area (Å²) in [5.74, 6) is -3.75. The Morgan fingerprint density at radius 1 is 1.06 bits per heavy atom. The third kappa shape index (κ3) is 6.02. The number of rotatable bonds is 7. The molecule has 0 saturated heterocycles. The predicted molar refractivity (Wildman–Crippen MR) is 64.4 cm³/mol. The Morgan fingerprint density at radius 3 is 1.88 bits per heavy atom. The lowest BCUT2D eigenvalue weighted by Crippen LogP contribution is -2.28. The van der Waals surface area contributed by atoms with Crippen molar-refractivity contribution in [1.82, 2.24) is 0 Å². The Hall–Kier alpha value is -0.630. The lowest BCUT2D eigenvalue weighted by Gasteiger charge is -2.09. The van der Waals surface area contributed by atoms with E-state index in [0.29, 0.717) is 0 Å². The maximum Gasteiger partial charge on any atom is 0.307 e. The van der Waals surface area contributed by atoms with Crippen molar-refractivity contribution in [1.29, 1.82) is 0 Å². The van der Waals surface area contributed by atoms with Crippen LogP contribution in [0.4, 0.5) is 0 Å². The fraction of sp³-hybridized carbons (Fsp3) is 0.889. The van der Waals surface area contributed by atoms with E-state index < -0.39 is 54.1 Å². The summed E-state index contributed by atoms with van der Waals surface area (Å²) < 4.78 is 45.8. The van der Waals surface area contributed by atoms with Gasteiger partial charge in [0.05, 0.1) is 28.4 Å². The summed E-state index contributed by atoms with van der Waals surface area (Å²) in [5.41, 5.74) is 0. The van der Waals surface area contributed by atoms with E-state index >= 15 is 0 Å². The largest absolute Gasteiger partial charge is 0.481 e. The summed E-state index contributed by atoms with van der Waals surface area (Å²) in [6, 6.07) is 0. The second-order valence-electron chi connectivity index (χ2n) is 4.27. The second-order valence-corrected chi connectivity index (χ2v) is 9.17. The smallest absolute Gasteiger partial charge is 0.307 e. The van der Waals surface area contributed by atoms with Crippen LogP contribution in [0, 0.1) is 5.92 Å². The number of carbonyl (C=O) groups is 1. The van der Waals surface area contributed by atoms with E-state index in [9.17, 15) is 21.6 Å². The fourth-order valence-electron chi connectivity index (χ4n) is 1.01. The quantitative estimate of drug-likeness (QED) is 0.703. The second kappa shape index (κ2) is 5.81. The van der Waals surface area contributed by atoms with Gasteiger partial charge >= 0.3 is 5.97 Å². The highest BCUT2D eigenvalue weighted by Gasteiger charge is 2.24. The van der Waals surface area contributed by atoms with Gasteiger partial charge in [-0.25, -0.2) is 16.8 Å². The molecule has 0 amide bonds. The Balaban J connectivity index is 4.55. The molecule has 0 fully saturated rings. The molecule has 8 heteroatoms. The van der Waals surface area contributed by atoms with Gasteiger partial charge in [-0.2, -0.15) is 0 Å². The molecule has 0 aromatic heterocycles. The molecule has 1 N–H and O–H groups in total. The van der Waals surface area contributed by atoms with Gasteiger partial charge in [-0.05, 0) is 13.8 Å². The lowest BCUT2D eigenvalue weighted by molar-refractivity contribution is -0.140. The first-order chi connectivity index (χ1) is 7.48. The number of hydrogen-bond acceptors (Lipinski definition) is 5. The SMILES string of the molecule is CC(CS(=O)(=O)CCS(=O)(=O)C(C)C)C(=O)O. The molecule has 6 nitrogen and oxygen atoms in total. The molecule has 0 aromatic rings. The topological polar surface area (TPSA) is 106 Å². The predicted octanol–water partition coefficient (Wildman–Crippen LogP) is -0.0549. The number of sulfone groups is 2. The number of carboxylic acids is 1. The molecule has 0 bridgehead atoms. The van der Waals surface area contributed by atoms with E-state index in [1.807, 2.05) is 0 Å². The summed E-state index contributed by atoms with van der Waals surface area (Å²) >= 11 is 0. The average molecular weight is 286 g/mol. The van der Waals surface area contributed by atoms with Crippen molar-refractivity contribution in [3.05, 3.63) is 0 Å². The van der Waals surface area contributed by atoms with Crippen molar-refractivity contribution in [2.45, 2.75) is 26.0 Å². The van der Waals surface area contributed by atoms with Gasteiger partial charge in [-0.3, -0.25) is 4.79 Å². The van der Waals surface area contributed by atoms with Crippen LogP contribution in [0.5, 0.6) is 0 Å². The van der Waals surface area contributed by atoms with Gasteiger partial charge in [0.1, 0.15) is 0 Å². The third-order valence-corrected chi connectivity index (χ3v) is 6.62. The Bertz CT molecular complexity index is 460. The van der Waals surface area contributed by atoms with Crippen LogP contribution in [-0.2, 0) is 24.5 Å². The fourth-order valence-corrected chi connectivity index (χ4v) is 4.50. The summed E-state index contributed by atoms with van der Waals surface area (Å²) in [6.07, 6.45) is 0. The molecule has 0 saturated carbocycles. The van der Waals surface area contributed by atoms with Gasteiger partial charge in [-0.15, -0.1) is 0 Å². The molecule has 102 valence electrons. The van der Waals surface area contributed by atoms with Gasteiger partial charge in [-0.1, -0.05) is 6.92 Å². The normalized spacial score (nSPS) is 14.8. The molecular formula is C9H18O6S2. The van der Waals surface area contributed by atoms with Gasteiger partial charge in [0.15, 0.2) is 19.7 Å². The molecule has 1 unspecified atom stereocenters. The summed E-state index contributed by atoms with van der Waals surface area (Å²) in [5, 5.41) is 7.95. The van der Waals surface area contributed by atoms with Crippen LogP contribution in [0.3, 0.4) is 0 Å². The third-order valence-electron chi connectivity index (χ3n) is 2.32. The molecule has 0 aliphatic heterocycles. The van der Waals surface area contributed by atoms with E-state index in [2.05, 4.69) is 0 Å². The van der Waals surface area contributed by atoms with Crippen molar-refractivity contribution in [3.8, 4) is 0 Å². The maximum atomic E-state index is 11.5. The monoisotopic (exact) mass is 286 g/mol. The highest BCUT2D eigenvalue weighted by molar-refractivity contribution is 7.95. The van der Waals surface area contributed by atoms with E-state index in [4.69, 9.17) is 5.11 Å². The summed E-state index contributed by atoms with van der Waals surface area (Å²) in [4.78, 5) is 10.5. The van der Waals surface area contributed by atoms with Crippen molar-refractivity contribution in [3.63, 3.8) is 0 Å². The van der Waals surface area contributed by atoms with Crippen LogP contribution in [0.2, 0.25) is 0 Å². The minimum Gasteiger partial charge on any atom is -0.481 e. The molecule has 17 heavy (non-hydrogen) atoms. The van der Waals surface area contributed by atoms with E-state index in [-0.39, 0.29) is 0 Å². The first-order valence-electron chi connectivity index (χ1n) is 5.13. The standard InChI is InChI=1S/C9H18O6S2/c1-7(2)17(14,15)5-4-16(12,13)6-8(3)9(10)11/h7-8H,4-6H2,1-3H3,(H,10,11). The highest BCUT2D eigenvalue weighted by Crippen LogP contribution is 2.06. The molecule has 0 rings (SSSR count). The molecule has 0 spiro atoms. The molecule has 0 aliphatic carbocycles. The molecule has 0 radical (unpaired) electrons. The Morgan fingerprint density at radius 2 is 1.53 bits per heavy atom. The molecule has 0 aliphatic rings. The van der Waals surface area contributed by atoms with Crippen LogP contribution in [0.15, 0.2) is 0 Å². The van der Waals surface area contributed by atoms with Gasteiger partial charge in [0, 0.05) is 0 Å². The Kier molecular flexibility index (Phi) is 5.60. The minimum atomic E-state index is -3.65. The zero-order valence-corrected chi connectivity index (χ0v) is 11.7. The summed E-state index contributed by atoms with van der Waals surface area (Å²) in [6.45, 7) is 4.22. The van der Waals surface area contributed by atoms with Crippen LogP contribution >= 0.6 is 0 Å². The molecule has 0 aromatic carbocycles. The van der Waals surface area contributed by atoms with Gasteiger partial charge < -0.3 is 5.11 Å². The molecule has 1 atom stereocenters. The zero-order valence-electron chi connectivity index (χ0n) is 10.1. The van der Waals surface area contributed by atoms with Crippen molar-refractivity contribution < 1.29 is 26.7 Å². The first kappa shape index (κ1) is 16.4. The van der Waals surface area contributed by atoms with Gasteiger partial charge in [0.2, 0.25) is 0 Å². The number of carboxylic acid groups (broad SMARTS) is 1. The Labute approximate surface area is 102 Å². The zero-order chi connectivity index (χ0) is 13.9. The highest BCUT2D eigenvalue weighted by atomic mass is 32.2. The molecular weight excluding hydrogens is 268 g/mol. The first-order valence-corrected chi connectivity index (χ1v) is 8.66. The maximum absolute atomic E-state index is 11.5. The van der Waals surface area contributed by atoms with Crippen LogP contribution in [0.1, 0.15) is 20.8 Å². The number of hydrogen-bond donors (Lipinski definition) is 1. The lowest BCUT2D eigenvalue weighted by atomic mass is 10.2.